The molecular weight excluding hydrogens is 248 g/mol. The minimum atomic E-state index is -3.53. The van der Waals surface area contributed by atoms with E-state index in [1.165, 1.54) is 6.42 Å². The van der Waals surface area contributed by atoms with Gasteiger partial charge in [0.2, 0.25) is 9.47 Å². The number of hydrogen-bond donors (Lipinski definition) is 2. The zero-order chi connectivity index (χ0) is 11.8. The third-order valence-electron chi connectivity index (χ3n) is 2.90. The Morgan fingerprint density at radius 2 is 2.19 bits per heavy atom. The second-order valence-corrected chi connectivity index (χ2v) is 7.34. The Hall–Kier alpha value is -0.730. The van der Waals surface area contributed by atoms with Gasteiger partial charge in [0.25, 0.3) is 10.0 Å². The van der Waals surface area contributed by atoms with Crippen LogP contribution < -0.4 is 10.5 Å². The van der Waals surface area contributed by atoms with Crippen molar-refractivity contribution in [2.45, 2.75) is 30.5 Å². The molecule has 6 nitrogen and oxygen atoms in total. The van der Waals surface area contributed by atoms with Gasteiger partial charge < -0.3 is 5.73 Å². The normalized spacial score (nSPS) is 19.3. The van der Waals surface area contributed by atoms with Crippen molar-refractivity contribution in [1.82, 2.24) is 14.9 Å². The predicted molar refractivity (Wildman–Crippen MR) is 61.5 cm³/mol. The summed E-state index contributed by atoms with van der Waals surface area (Å²) in [4.78, 5) is 0. The van der Waals surface area contributed by atoms with Gasteiger partial charge >= 0.3 is 0 Å². The van der Waals surface area contributed by atoms with Crippen LogP contribution >= 0.6 is 11.3 Å². The van der Waals surface area contributed by atoms with E-state index in [0.717, 1.165) is 24.2 Å². The van der Waals surface area contributed by atoms with Gasteiger partial charge in [0.15, 0.2) is 0 Å². The average molecular weight is 262 g/mol. The lowest BCUT2D eigenvalue weighted by Gasteiger charge is -2.38. The molecule has 0 bridgehead atoms. The lowest BCUT2D eigenvalue weighted by molar-refractivity contribution is 0.166. The molecule has 2 rings (SSSR count). The van der Waals surface area contributed by atoms with Gasteiger partial charge in [-0.25, -0.2) is 13.1 Å². The van der Waals surface area contributed by atoms with Crippen LogP contribution in [-0.4, -0.2) is 25.2 Å². The molecule has 3 N–H and O–H groups in total. The molecule has 1 aromatic rings. The van der Waals surface area contributed by atoms with E-state index in [9.17, 15) is 8.42 Å². The fraction of sp³-hybridized carbons (Fsp3) is 0.750. The molecule has 90 valence electrons. The number of sulfonamides is 1. The van der Waals surface area contributed by atoms with E-state index in [-0.39, 0.29) is 14.9 Å². The van der Waals surface area contributed by atoms with Crippen molar-refractivity contribution >= 4 is 26.5 Å². The number of nitrogen functional groups attached to an aromatic ring is 1. The fourth-order valence-electron chi connectivity index (χ4n) is 1.62. The number of anilines is 1. The van der Waals surface area contributed by atoms with Gasteiger partial charge in [0.1, 0.15) is 0 Å². The Balaban J connectivity index is 2.03. The molecule has 0 atom stereocenters. The van der Waals surface area contributed by atoms with Crippen LogP contribution in [0.1, 0.15) is 26.2 Å². The summed E-state index contributed by atoms with van der Waals surface area (Å²) < 4.78 is 26.0. The minimum Gasteiger partial charge on any atom is -0.374 e. The van der Waals surface area contributed by atoms with Crippen molar-refractivity contribution in [2.75, 3.05) is 12.3 Å². The lowest BCUT2D eigenvalue weighted by atomic mass is 9.71. The molecule has 0 unspecified atom stereocenters. The van der Waals surface area contributed by atoms with Crippen molar-refractivity contribution < 1.29 is 8.42 Å². The van der Waals surface area contributed by atoms with Gasteiger partial charge in [0, 0.05) is 6.54 Å². The van der Waals surface area contributed by atoms with Crippen LogP contribution in [0.15, 0.2) is 4.34 Å². The maximum atomic E-state index is 11.8. The average Bonchev–Trinajstić information content (AvgIpc) is 2.60. The van der Waals surface area contributed by atoms with E-state index in [4.69, 9.17) is 5.73 Å². The molecule has 0 aromatic carbocycles. The van der Waals surface area contributed by atoms with Crippen LogP contribution in [0.2, 0.25) is 0 Å². The first kappa shape index (κ1) is 11.7. The van der Waals surface area contributed by atoms with Gasteiger partial charge in [-0.05, 0) is 18.3 Å². The molecule has 8 heteroatoms. The molecule has 16 heavy (non-hydrogen) atoms. The molecule has 1 aliphatic rings. The number of aromatic nitrogens is 2. The zero-order valence-corrected chi connectivity index (χ0v) is 10.6. The molecule has 1 fully saturated rings. The number of hydrogen-bond acceptors (Lipinski definition) is 6. The summed E-state index contributed by atoms with van der Waals surface area (Å²) in [6.45, 7) is 2.53. The van der Waals surface area contributed by atoms with Crippen molar-refractivity contribution in [3.05, 3.63) is 0 Å². The van der Waals surface area contributed by atoms with Crippen molar-refractivity contribution in [3.63, 3.8) is 0 Å². The van der Waals surface area contributed by atoms with Gasteiger partial charge in [-0.1, -0.05) is 24.7 Å². The summed E-state index contributed by atoms with van der Waals surface area (Å²) in [7, 11) is -3.53. The molecule has 0 aliphatic heterocycles. The smallest absolute Gasteiger partial charge is 0.269 e. The van der Waals surface area contributed by atoms with Crippen LogP contribution in [0.4, 0.5) is 5.13 Å². The standard InChI is InChI=1S/C8H14N4O2S2/c1-8(3-2-4-8)5-10-16(13,14)7-12-11-6(9)15-7/h10H,2-5H2,1H3,(H2,9,11). The minimum absolute atomic E-state index is 0.0621. The van der Waals surface area contributed by atoms with E-state index >= 15 is 0 Å². The highest BCUT2D eigenvalue weighted by molar-refractivity contribution is 7.91. The van der Waals surface area contributed by atoms with Crippen LogP contribution in [-0.2, 0) is 10.0 Å². The summed E-state index contributed by atoms with van der Waals surface area (Å²) in [6, 6.07) is 0. The van der Waals surface area contributed by atoms with Crippen molar-refractivity contribution in [2.24, 2.45) is 5.41 Å². The molecular formula is C8H14N4O2S2. The third kappa shape index (κ3) is 2.33. The Morgan fingerprint density at radius 3 is 2.62 bits per heavy atom. The Labute approximate surface area is 98.3 Å². The van der Waals surface area contributed by atoms with E-state index < -0.39 is 10.0 Å². The monoisotopic (exact) mass is 262 g/mol. The summed E-state index contributed by atoms with van der Waals surface area (Å²) in [5.41, 5.74) is 5.45. The highest BCUT2D eigenvalue weighted by atomic mass is 32.2. The first-order valence-corrected chi connectivity index (χ1v) is 7.30. The highest BCUT2D eigenvalue weighted by Gasteiger charge is 2.33. The molecule has 1 aromatic heterocycles. The second-order valence-electron chi connectivity index (χ2n) is 4.39. The zero-order valence-electron chi connectivity index (χ0n) is 8.93. The van der Waals surface area contributed by atoms with Crippen molar-refractivity contribution in [1.29, 1.82) is 0 Å². The Bertz CT molecular complexity index is 478. The maximum absolute atomic E-state index is 11.8. The van der Waals surface area contributed by atoms with Crippen molar-refractivity contribution in [3.8, 4) is 0 Å². The first-order valence-electron chi connectivity index (χ1n) is 5.00. The molecule has 0 spiro atoms. The molecule has 0 radical (unpaired) electrons. The van der Waals surface area contributed by atoms with Gasteiger partial charge in [-0.15, -0.1) is 10.2 Å². The lowest BCUT2D eigenvalue weighted by Crippen LogP contribution is -2.39. The van der Waals surface area contributed by atoms with Gasteiger partial charge in [0.05, 0.1) is 0 Å². The maximum Gasteiger partial charge on any atom is 0.269 e. The summed E-state index contributed by atoms with van der Waals surface area (Å²) in [6.07, 6.45) is 3.30. The summed E-state index contributed by atoms with van der Waals surface area (Å²) in [5.74, 6) is 0. The number of rotatable bonds is 4. The Kier molecular flexibility index (Phi) is 2.89. The number of nitrogens with two attached hydrogens (primary N) is 1. The first-order chi connectivity index (χ1) is 7.41. The molecule has 1 aliphatic carbocycles. The third-order valence-corrected chi connectivity index (χ3v) is 5.42. The van der Waals surface area contributed by atoms with Crippen LogP contribution in [0.3, 0.4) is 0 Å². The van der Waals surface area contributed by atoms with Crippen LogP contribution in [0.5, 0.6) is 0 Å². The van der Waals surface area contributed by atoms with E-state index in [2.05, 4.69) is 21.8 Å². The molecule has 1 heterocycles. The Morgan fingerprint density at radius 1 is 1.50 bits per heavy atom. The van der Waals surface area contributed by atoms with E-state index in [1.807, 2.05) is 0 Å². The molecule has 1 saturated carbocycles. The topological polar surface area (TPSA) is 98.0 Å². The summed E-state index contributed by atoms with van der Waals surface area (Å²) in [5, 5.41) is 7.18. The number of nitrogens with one attached hydrogen (secondary N) is 1. The highest BCUT2D eigenvalue weighted by Crippen LogP contribution is 2.39. The van der Waals surface area contributed by atoms with Crippen LogP contribution in [0.25, 0.3) is 0 Å². The van der Waals surface area contributed by atoms with E-state index in [0.29, 0.717) is 6.54 Å². The number of nitrogens with zero attached hydrogens (tertiary/aromatic N) is 2. The molecule has 0 amide bonds. The van der Waals surface area contributed by atoms with Gasteiger partial charge in [-0.3, -0.25) is 0 Å². The largest absolute Gasteiger partial charge is 0.374 e. The predicted octanol–water partition coefficient (Wildman–Crippen LogP) is 0.589. The fourth-order valence-corrected chi connectivity index (χ4v) is 3.64. The van der Waals surface area contributed by atoms with E-state index in [1.54, 1.807) is 0 Å². The molecule has 0 saturated heterocycles. The van der Waals surface area contributed by atoms with Gasteiger partial charge in [-0.2, -0.15) is 0 Å². The van der Waals surface area contributed by atoms with Crippen LogP contribution in [0, 0.1) is 5.41 Å². The second kappa shape index (κ2) is 3.94. The summed E-state index contributed by atoms with van der Waals surface area (Å²) >= 11 is 0.876. The SMILES string of the molecule is CC1(CNS(=O)(=O)c2nnc(N)s2)CCC1. The quantitative estimate of drug-likeness (QED) is 0.827.